The van der Waals surface area contributed by atoms with E-state index in [9.17, 15) is 8.42 Å². The number of halogens is 1. The van der Waals surface area contributed by atoms with Gasteiger partial charge in [0.05, 0.1) is 4.75 Å². The first-order chi connectivity index (χ1) is 13.8. The lowest BCUT2D eigenvalue weighted by Gasteiger charge is -2.39. The number of rotatable bonds is 5. The molecule has 2 aliphatic heterocycles. The van der Waals surface area contributed by atoms with E-state index in [1.54, 1.807) is 7.05 Å². The van der Waals surface area contributed by atoms with Crippen LogP contribution in [0.1, 0.15) is 18.4 Å². The highest BCUT2D eigenvalue weighted by molar-refractivity contribution is 7.92. The van der Waals surface area contributed by atoms with Crippen LogP contribution in [0.3, 0.4) is 0 Å². The van der Waals surface area contributed by atoms with Gasteiger partial charge in [0.1, 0.15) is 0 Å². The van der Waals surface area contributed by atoms with Gasteiger partial charge in [-0.15, -0.1) is 0 Å². The second kappa shape index (κ2) is 9.64. The third-order valence-electron chi connectivity index (χ3n) is 5.94. The first-order valence-electron chi connectivity index (χ1n) is 10.0. The number of nitrogens with one attached hydrogen (secondary N) is 1. The number of benzene rings is 1. The van der Waals surface area contributed by atoms with E-state index in [0.717, 1.165) is 43.7 Å². The number of sulfone groups is 1. The molecular formula is C20H31ClN4O3S. The fourth-order valence-corrected chi connectivity index (χ4v) is 5.46. The SMILES string of the molecule is CN=C(NCC1(S(C)(=O)=O)CCOCC1)N1CCN(Cc2cccc(Cl)c2)CC1. The van der Waals surface area contributed by atoms with E-state index in [1.165, 1.54) is 11.8 Å². The predicted molar refractivity (Wildman–Crippen MR) is 117 cm³/mol. The highest BCUT2D eigenvalue weighted by Crippen LogP contribution is 2.28. The van der Waals surface area contributed by atoms with Crippen molar-refractivity contribution < 1.29 is 13.2 Å². The van der Waals surface area contributed by atoms with E-state index in [0.29, 0.717) is 32.6 Å². The Morgan fingerprint density at radius 3 is 2.52 bits per heavy atom. The molecule has 1 aromatic rings. The average Bonchev–Trinajstić information content (AvgIpc) is 2.69. The van der Waals surface area contributed by atoms with Gasteiger partial charge in [0.25, 0.3) is 0 Å². The summed E-state index contributed by atoms with van der Waals surface area (Å²) in [7, 11) is -1.46. The molecule has 0 unspecified atom stereocenters. The summed E-state index contributed by atoms with van der Waals surface area (Å²) >= 11 is 6.09. The van der Waals surface area contributed by atoms with Crippen molar-refractivity contribution in [1.29, 1.82) is 0 Å². The van der Waals surface area contributed by atoms with Gasteiger partial charge in [-0.1, -0.05) is 23.7 Å². The summed E-state index contributed by atoms with van der Waals surface area (Å²) in [6.07, 6.45) is 2.36. The molecule has 0 aliphatic carbocycles. The summed E-state index contributed by atoms with van der Waals surface area (Å²) in [6, 6.07) is 7.97. The van der Waals surface area contributed by atoms with Crippen LogP contribution in [0.4, 0.5) is 0 Å². The van der Waals surface area contributed by atoms with Crippen molar-refractivity contribution in [1.82, 2.24) is 15.1 Å². The quantitative estimate of drug-likeness (QED) is 0.551. The topological polar surface area (TPSA) is 74.2 Å². The molecule has 0 amide bonds. The molecule has 3 rings (SSSR count). The largest absolute Gasteiger partial charge is 0.381 e. The third-order valence-corrected chi connectivity index (χ3v) is 8.30. The van der Waals surface area contributed by atoms with E-state index in [-0.39, 0.29) is 0 Å². The zero-order chi connectivity index (χ0) is 20.9. The van der Waals surface area contributed by atoms with E-state index in [4.69, 9.17) is 16.3 Å². The molecule has 1 N–H and O–H groups in total. The van der Waals surface area contributed by atoms with Crippen molar-refractivity contribution in [3.05, 3.63) is 34.9 Å². The molecule has 0 spiro atoms. The van der Waals surface area contributed by atoms with Crippen LogP contribution in [0.2, 0.25) is 5.02 Å². The third kappa shape index (κ3) is 5.63. The van der Waals surface area contributed by atoms with Crippen molar-refractivity contribution in [3.63, 3.8) is 0 Å². The maximum atomic E-state index is 12.5. The zero-order valence-corrected chi connectivity index (χ0v) is 18.8. The zero-order valence-electron chi connectivity index (χ0n) is 17.2. The molecule has 2 fully saturated rings. The molecule has 0 saturated carbocycles. The Bertz CT molecular complexity index is 817. The van der Waals surface area contributed by atoms with Crippen molar-refractivity contribution in [2.45, 2.75) is 24.1 Å². The summed E-state index contributed by atoms with van der Waals surface area (Å²) in [5.74, 6) is 0.766. The Kier molecular flexibility index (Phi) is 7.42. The van der Waals surface area contributed by atoms with Crippen molar-refractivity contribution in [2.24, 2.45) is 4.99 Å². The number of ether oxygens (including phenoxy) is 1. The van der Waals surface area contributed by atoms with Crippen LogP contribution in [0.5, 0.6) is 0 Å². The highest BCUT2D eigenvalue weighted by Gasteiger charge is 2.42. The van der Waals surface area contributed by atoms with Gasteiger partial charge in [-0.25, -0.2) is 8.42 Å². The number of hydrogen-bond donors (Lipinski definition) is 1. The Morgan fingerprint density at radius 2 is 1.93 bits per heavy atom. The molecule has 7 nitrogen and oxygen atoms in total. The number of piperazine rings is 1. The van der Waals surface area contributed by atoms with E-state index in [2.05, 4.69) is 26.2 Å². The summed E-state index contributed by atoms with van der Waals surface area (Å²) in [6.45, 7) is 5.72. The van der Waals surface area contributed by atoms with E-state index in [1.807, 2.05) is 18.2 Å². The predicted octanol–water partition coefficient (Wildman–Crippen LogP) is 1.63. The van der Waals surface area contributed by atoms with Crippen LogP contribution < -0.4 is 5.32 Å². The minimum absolute atomic E-state index is 0.366. The lowest BCUT2D eigenvalue weighted by molar-refractivity contribution is 0.0753. The minimum Gasteiger partial charge on any atom is -0.381 e. The number of guanidine groups is 1. The van der Waals surface area contributed by atoms with Gasteiger partial charge in [0.2, 0.25) is 0 Å². The Balaban J connectivity index is 1.55. The van der Waals surface area contributed by atoms with Gasteiger partial charge in [-0.3, -0.25) is 9.89 Å². The van der Waals surface area contributed by atoms with Crippen LogP contribution in [0.25, 0.3) is 0 Å². The number of hydrogen-bond acceptors (Lipinski definition) is 5. The summed E-state index contributed by atoms with van der Waals surface area (Å²) < 4.78 is 29.5. The fourth-order valence-electron chi connectivity index (χ4n) is 4.01. The lowest BCUT2D eigenvalue weighted by atomic mass is 9.99. The standard InChI is InChI=1S/C20H31ClN4O3S/c1-22-19(23-16-20(29(2,26)27)6-12-28-13-7-20)25-10-8-24(9-11-25)15-17-4-3-5-18(21)14-17/h3-5,14H,6-13,15-16H2,1-2H3,(H,22,23). The molecule has 2 heterocycles. The Hall–Kier alpha value is -1.35. The van der Waals surface area contributed by atoms with E-state index >= 15 is 0 Å². The molecule has 9 heteroatoms. The Morgan fingerprint density at radius 1 is 1.24 bits per heavy atom. The summed E-state index contributed by atoms with van der Waals surface area (Å²) in [4.78, 5) is 8.99. The van der Waals surface area contributed by atoms with E-state index < -0.39 is 14.6 Å². The van der Waals surface area contributed by atoms with Gasteiger partial charge in [0.15, 0.2) is 15.8 Å². The van der Waals surface area contributed by atoms with Crippen molar-refractivity contribution >= 4 is 27.4 Å². The maximum Gasteiger partial charge on any atom is 0.193 e. The highest BCUT2D eigenvalue weighted by atomic mass is 35.5. The maximum absolute atomic E-state index is 12.5. The van der Waals surface area contributed by atoms with Crippen LogP contribution >= 0.6 is 11.6 Å². The summed E-state index contributed by atoms with van der Waals surface area (Å²) in [5.41, 5.74) is 1.21. The molecule has 0 atom stereocenters. The Labute approximate surface area is 179 Å². The fraction of sp³-hybridized carbons (Fsp3) is 0.650. The van der Waals surface area contributed by atoms with Crippen LogP contribution in [0.15, 0.2) is 29.3 Å². The molecule has 2 saturated heterocycles. The first kappa shape index (κ1) is 22.3. The molecule has 0 radical (unpaired) electrons. The van der Waals surface area contributed by atoms with Gasteiger partial charge in [-0.05, 0) is 30.5 Å². The van der Waals surface area contributed by atoms with Crippen molar-refractivity contribution in [2.75, 3.05) is 59.2 Å². The number of aliphatic imine (C=N–C) groups is 1. The molecule has 29 heavy (non-hydrogen) atoms. The van der Waals surface area contributed by atoms with Crippen LogP contribution in [-0.4, -0.2) is 88.2 Å². The van der Waals surface area contributed by atoms with Gasteiger partial charge >= 0.3 is 0 Å². The van der Waals surface area contributed by atoms with Gasteiger partial charge in [-0.2, -0.15) is 0 Å². The molecular weight excluding hydrogens is 412 g/mol. The van der Waals surface area contributed by atoms with Crippen LogP contribution in [0, 0.1) is 0 Å². The second-order valence-corrected chi connectivity index (χ2v) is 10.7. The van der Waals surface area contributed by atoms with Crippen LogP contribution in [-0.2, 0) is 21.1 Å². The summed E-state index contributed by atoms with van der Waals surface area (Å²) in [5, 5.41) is 4.10. The van der Waals surface area contributed by atoms with Gasteiger partial charge < -0.3 is 15.0 Å². The molecule has 0 bridgehead atoms. The second-order valence-electron chi connectivity index (χ2n) is 7.86. The number of nitrogens with zero attached hydrogens (tertiary/aromatic N) is 3. The lowest BCUT2D eigenvalue weighted by Crippen LogP contribution is -2.57. The molecule has 1 aromatic carbocycles. The molecule has 2 aliphatic rings. The minimum atomic E-state index is -3.20. The average molecular weight is 443 g/mol. The van der Waals surface area contributed by atoms with Crippen molar-refractivity contribution in [3.8, 4) is 0 Å². The normalized spacial score (nSPS) is 21.2. The first-order valence-corrected chi connectivity index (χ1v) is 12.3. The molecule has 0 aromatic heterocycles. The molecule has 162 valence electrons. The monoisotopic (exact) mass is 442 g/mol. The smallest absolute Gasteiger partial charge is 0.193 e. The van der Waals surface area contributed by atoms with Gasteiger partial charge in [0, 0.05) is 70.8 Å².